The molecule has 24 heavy (non-hydrogen) atoms. The first-order chi connectivity index (χ1) is 11.4. The van der Waals surface area contributed by atoms with Gasteiger partial charge in [0.05, 0.1) is 5.56 Å². The molecule has 1 aromatic carbocycles. The molecule has 1 aromatic heterocycles. The molecule has 0 spiro atoms. The van der Waals surface area contributed by atoms with Crippen LogP contribution in [0.15, 0.2) is 30.5 Å². The van der Waals surface area contributed by atoms with E-state index in [0.717, 1.165) is 21.6 Å². The maximum Gasteiger partial charge on any atom is 0.280 e. The van der Waals surface area contributed by atoms with Gasteiger partial charge < -0.3 is 5.32 Å². The number of benzene rings is 1. The quantitative estimate of drug-likeness (QED) is 0.879. The molecule has 1 aliphatic heterocycles. The third kappa shape index (κ3) is 2.67. The van der Waals surface area contributed by atoms with Gasteiger partial charge in [0.2, 0.25) is 5.91 Å². The lowest BCUT2D eigenvalue weighted by molar-refractivity contribution is -0.116. The van der Waals surface area contributed by atoms with Gasteiger partial charge in [0.25, 0.3) is 11.8 Å². The van der Waals surface area contributed by atoms with Crippen LogP contribution in [0.25, 0.3) is 0 Å². The molecule has 6 nitrogen and oxygen atoms in total. The van der Waals surface area contributed by atoms with Gasteiger partial charge in [0, 0.05) is 11.9 Å². The standard InChI is InChI=1S/C18H17N3O3/c1-10-7-11(2)15(12(3)8-10)20-14(22)9-21-17(23)13-5-4-6-19-16(13)18(21)24/h4-8H,9H2,1-3H3,(H,20,22). The minimum Gasteiger partial charge on any atom is -0.324 e. The molecule has 0 radical (unpaired) electrons. The summed E-state index contributed by atoms with van der Waals surface area (Å²) in [4.78, 5) is 41.7. The Morgan fingerprint density at radius 2 is 1.79 bits per heavy atom. The Labute approximate surface area is 139 Å². The van der Waals surface area contributed by atoms with Crippen molar-refractivity contribution in [3.63, 3.8) is 0 Å². The predicted molar refractivity (Wildman–Crippen MR) is 88.9 cm³/mol. The van der Waals surface area contributed by atoms with E-state index in [9.17, 15) is 14.4 Å². The van der Waals surface area contributed by atoms with Crippen LogP contribution >= 0.6 is 0 Å². The third-order valence-corrected chi connectivity index (χ3v) is 3.97. The average molecular weight is 323 g/mol. The Hall–Kier alpha value is -3.02. The molecule has 0 saturated carbocycles. The zero-order valence-electron chi connectivity index (χ0n) is 13.7. The number of carbonyl (C=O) groups is 3. The Bertz CT molecular complexity index is 816. The zero-order chi connectivity index (χ0) is 17.4. The second-order valence-electron chi connectivity index (χ2n) is 5.92. The number of hydrogen-bond acceptors (Lipinski definition) is 4. The summed E-state index contributed by atoms with van der Waals surface area (Å²) < 4.78 is 0. The van der Waals surface area contributed by atoms with Crippen molar-refractivity contribution in [1.29, 1.82) is 0 Å². The van der Waals surface area contributed by atoms with Gasteiger partial charge in [-0.25, -0.2) is 0 Å². The minimum atomic E-state index is -0.539. The van der Waals surface area contributed by atoms with E-state index in [1.807, 2.05) is 32.9 Å². The highest BCUT2D eigenvalue weighted by molar-refractivity contribution is 6.21. The number of anilines is 1. The first-order valence-electron chi connectivity index (χ1n) is 7.57. The van der Waals surface area contributed by atoms with Crippen LogP contribution in [0.2, 0.25) is 0 Å². The molecule has 1 aliphatic rings. The first kappa shape index (κ1) is 15.9. The van der Waals surface area contributed by atoms with Crippen LogP contribution in [0.1, 0.15) is 37.5 Å². The summed E-state index contributed by atoms with van der Waals surface area (Å²) >= 11 is 0. The van der Waals surface area contributed by atoms with Gasteiger partial charge in [-0.05, 0) is 44.0 Å². The smallest absolute Gasteiger partial charge is 0.280 e. The van der Waals surface area contributed by atoms with Gasteiger partial charge in [0.1, 0.15) is 12.2 Å². The molecule has 2 aromatic rings. The van der Waals surface area contributed by atoms with E-state index >= 15 is 0 Å². The van der Waals surface area contributed by atoms with Gasteiger partial charge >= 0.3 is 0 Å². The molecule has 0 aliphatic carbocycles. The summed E-state index contributed by atoms with van der Waals surface area (Å²) in [6, 6.07) is 7.06. The molecular formula is C18H17N3O3. The topological polar surface area (TPSA) is 79.4 Å². The van der Waals surface area contributed by atoms with Crippen LogP contribution in [-0.4, -0.2) is 34.2 Å². The molecule has 6 heteroatoms. The van der Waals surface area contributed by atoms with E-state index in [-0.39, 0.29) is 17.8 Å². The fourth-order valence-corrected chi connectivity index (χ4v) is 2.96. The van der Waals surface area contributed by atoms with Gasteiger partial charge in [-0.15, -0.1) is 0 Å². The zero-order valence-corrected chi connectivity index (χ0v) is 13.7. The normalized spacial score (nSPS) is 13.2. The number of carbonyl (C=O) groups excluding carboxylic acids is 3. The Balaban J connectivity index is 1.78. The largest absolute Gasteiger partial charge is 0.324 e. The van der Waals surface area contributed by atoms with Gasteiger partial charge in [-0.3, -0.25) is 24.3 Å². The molecule has 3 rings (SSSR count). The SMILES string of the molecule is Cc1cc(C)c(NC(=O)CN2C(=O)c3cccnc3C2=O)c(C)c1. The summed E-state index contributed by atoms with van der Waals surface area (Å²) in [5.41, 5.74) is 4.01. The van der Waals surface area contributed by atoms with Crippen LogP contribution in [0.3, 0.4) is 0 Å². The number of hydrogen-bond donors (Lipinski definition) is 1. The summed E-state index contributed by atoms with van der Waals surface area (Å²) in [6.45, 7) is 5.46. The Morgan fingerprint density at radius 3 is 2.42 bits per heavy atom. The third-order valence-electron chi connectivity index (χ3n) is 3.97. The van der Waals surface area contributed by atoms with Crippen LogP contribution in [0.5, 0.6) is 0 Å². The van der Waals surface area contributed by atoms with Crippen molar-refractivity contribution < 1.29 is 14.4 Å². The van der Waals surface area contributed by atoms with Crippen molar-refractivity contribution in [1.82, 2.24) is 9.88 Å². The van der Waals surface area contributed by atoms with Crippen molar-refractivity contribution in [2.45, 2.75) is 20.8 Å². The lowest BCUT2D eigenvalue weighted by atomic mass is 10.1. The van der Waals surface area contributed by atoms with Crippen molar-refractivity contribution >= 4 is 23.4 Å². The van der Waals surface area contributed by atoms with Crippen LogP contribution in [0, 0.1) is 20.8 Å². The van der Waals surface area contributed by atoms with Crippen molar-refractivity contribution in [2.24, 2.45) is 0 Å². The summed E-state index contributed by atoms with van der Waals surface area (Å²) in [7, 11) is 0. The lowest BCUT2D eigenvalue weighted by Crippen LogP contribution is -2.37. The van der Waals surface area contributed by atoms with Crippen LogP contribution in [-0.2, 0) is 4.79 Å². The lowest BCUT2D eigenvalue weighted by Gasteiger charge is -2.16. The van der Waals surface area contributed by atoms with Gasteiger partial charge in [0.15, 0.2) is 0 Å². The molecule has 0 bridgehead atoms. The number of imide groups is 1. The molecular weight excluding hydrogens is 306 g/mol. The Kier molecular flexibility index (Phi) is 3.89. The van der Waals surface area contributed by atoms with Crippen LogP contribution in [0.4, 0.5) is 5.69 Å². The highest BCUT2D eigenvalue weighted by Gasteiger charge is 2.37. The van der Waals surface area contributed by atoms with Gasteiger partial charge in [-0.2, -0.15) is 0 Å². The second kappa shape index (κ2) is 5.88. The van der Waals surface area contributed by atoms with Crippen molar-refractivity contribution in [3.8, 4) is 0 Å². The highest BCUT2D eigenvalue weighted by Crippen LogP contribution is 2.23. The van der Waals surface area contributed by atoms with Crippen molar-refractivity contribution in [3.05, 3.63) is 58.4 Å². The molecule has 0 fully saturated rings. The number of nitrogens with one attached hydrogen (secondary N) is 1. The number of rotatable bonds is 3. The van der Waals surface area contributed by atoms with E-state index < -0.39 is 17.7 Å². The monoisotopic (exact) mass is 323 g/mol. The van der Waals surface area contributed by atoms with E-state index in [1.165, 1.54) is 12.3 Å². The van der Waals surface area contributed by atoms with E-state index in [2.05, 4.69) is 10.3 Å². The molecule has 3 amide bonds. The fourth-order valence-electron chi connectivity index (χ4n) is 2.96. The number of aromatic nitrogens is 1. The summed E-state index contributed by atoms with van der Waals surface area (Å²) in [5.74, 6) is -1.45. The molecule has 1 N–H and O–H groups in total. The molecule has 0 atom stereocenters. The highest BCUT2D eigenvalue weighted by atomic mass is 16.2. The van der Waals surface area contributed by atoms with Gasteiger partial charge in [-0.1, -0.05) is 17.7 Å². The average Bonchev–Trinajstić information content (AvgIpc) is 2.76. The molecule has 0 saturated heterocycles. The van der Waals surface area contributed by atoms with Crippen LogP contribution < -0.4 is 5.32 Å². The second-order valence-corrected chi connectivity index (χ2v) is 5.92. The Morgan fingerprint density at radius 1 is 1.12 bits per heavy atom. The molecule has 122 valence electrons. The number of aryl methyl sites for hydroxylation is 3. The maximum atomic E-state index is 12.3. The minimum absolute atomic E-state index is 0.0954. The fraction of sp³-hybridized carbons (Fsp3) is 0.222. The number of nitrogens with zero attached hydrogens (tertiary/aromatic N) is 2. The van der Waals surface area contributed by atoms with Crippen molar-refractivity contribution in [2.75, 3.05) is 11.9 Å². The molecule has 0 unspecified atom stereocenters. The number of pyridine rings is 1. The van der Waals surface area contributed by atoms with E-state index in [4.69, 9.17) is 0 Å². The number of amides is 3. The van der Waals surface area contributed by atoms with E-state index in [1.54, 1.807) is 6.07 Å². The molecule has 2 heterocycles. The number of fused-ring (bicyclic) bond motifs is 1. The van der Waals surface area contributed by atoms with E-state index in [0.29, 0.717) is 5.69 Å². The first-order valence-corrected chi connectivity index (χ1v) is 7.57. The summed E-state index contributed by atoms with van der Waals surface area (Å²) in [6.07, 6.45) is 1.45. The predicted octanol–water partition coefficient (Wildman–Crippen LogP) is 2.24. The summed E-state index contributed by atoms with van der Waals surface area (Å²) in [5, 5.41) is 2.80. The maximum absolute atomic E-state index is 12.3.